The summed E-state index contributed by atoms with van der Waals surface area (Å²) in [5, 5.41) is 2.90. The van der Waals surface area contributed by atoms with Gasteiger partial charge in [-0.2, -0.15) is 0 Å². The Morgan fingerprint density at radius 3 is 2.11 bits per heavy atom. The summed E-state index contributed by atoms with van der Waals surface area (Å²) in [6.07, 6.45) is 3.33. The molecule has 138 valence electrons. The molecule has 0 saturated heterocycles. The van der Waals surface area contributed by atoms with E-state index in [4.69, 9.17) is 4.74 Å². The molecule has 0 aromatic heterocycles. The van der Waals surface area contributed by atoms with Gasteiger partial charge in [0, 0.05) is 12.1 Å². The molecule has 0 aliphatic rings. The number of halogens is 1. The van der Waals surface area contributed by atoms with Crippen LogP contribution in [0.15, 0.2) is 78.9 Å². The number of hydrogen-bond acceptors (Lipinski definition) is 2. The van der Waals surface area contributed by atoms with Gasteiger partial charge in [0.05, 0.1) is 0 Å². The van der Waals surface area contributed by atoms with E-state index in [2.05, 4.69) is 17.4 Å². The van der Waals surface area contributed by atoms with Crippen LogP contribution >= 0.6 is 0 Å². The number of ether oxygens (including phenoxy) is 1. The molecule has 1 amide bonds. The minimum atomic E-state index is -0.302. The van der Waals surface area contributed by atoms with Crippen molar-refractivity contribution in [2.24, 2.45) is 0 Å². The summed E-state index contributed by atoms with van der Waals surface area (Å²) in [6.45, 7) is 0. The van der Waals surface area contributed by atoms with Crippen molar-refractivity contribution in [2.75, 3.05) is 5.32 Å². The molecule has 1 N–H and O–H groups in total. The van der Waals surface area contributed by atoms with Crippen LogP contribution in [0.4, 0.5) is 10.1 Å². The summed E-state index contributed by atoms with van der Waals surface area (Å²) in [5.74, 6) is 0.897. The number of hydrogen-bond donors (Lipinski definition) is 1. The smallest absolute Gasteiger partial charge is 0.224 e. The molecule has 0 aliphatic carbocycles. The molecule has 0 aliphatic heterocycles. The number of aryl methyl sites for hydroxylation is 1. The first-order chi connectivity index (χ1) is 13.2. The van der Waals surface area contributed by atoms with Crippen molar-refractivity contribution >= 4 is 11.6 Å². The fraction of sp³-hybridized carbons (Fsp3) is 0.174. The summed E-state index contributed by atoms with van der Waals surface area (Å²) >= 11 is 0. The van der Waals surface area contributed by atoms with Gasteiger partial charge >= 0.3 is 0 Å². The molecule has 3 aromatic rings. The van der Waals surface area contributed by atoms with Gasteiger partial charge in [0.1, 0.15) is 17.3 Å². The highest BCUT2D eigenvalue weighted by Crippen LogP contribution is 2.23. The Labute approximate surface area is 158 Å². The van der Waals surface area contributed by atoms with Gasteiger partial charge in [0.25, 0.3) is 0 Å². The number of carbonyl (C=O) groups excluding carboxylic acids is 1. The lowest BCUT2D eigenvalue weighted by Crippen LogP contribution is -2.11. The molecule has 0 fully saturated rings. The van der Waals surface area contributed by atoms with Crippen LogP contribution in [0.25, 0.3) is 0 Å². The van der Waals surface area contributed by atoms with E-state index in [1.165, 1.54) is 17.7 Å². The summed E-state index contributed by atoms with van der Waals surface area (Å²) < 4.78 is 18.5. The van der Waals surface area contributed by atoms with Crippen LogP contribution in [-0.4, -0.2) is 5.91 Å². The topological polar surface area (TPSA) is 38.3 Å². The minimum Gasteiger partial charge on any atom is -0.457 e. The van der Waals surface area contributed by atoms with E-state index in [0.717, 1.165) is 24.9 Å². The number of carbonyl (C=O) groups is 1. The number of nitrogens with one attached hydrogen (secondary N) is 1. The first-order valence-electron chi connectivity index (χ1n) is 9.06. The Morgan fingerprint density at radius 2 is 1.44 bits per heavy atom. The number of amides is 1. The Bertz CT molecular complexity index is 846. The normalized spacial score (nSPS) is 10.4. The molecule has 27 heavy (non-hydrogen) atoms. The highest BCUT2D eigenvalue weighted by atomic mass is 19.1. The number of anilines is 1. The third kappa shape index (κ3) is 6.26. The van der Waals surface area contributed by atoms with Crippen LogP contribution in [0.5, 0.6) is 11.5 Å². The second kappa shape index (κ2) is 9.53. The maximum atomic E-state index is 12.9. The van der Waals surface area contributed by atoms with Crippen molar-refractivity contribution in [2.45, 2.75) is 25.7 Å². The first kappa shape index (κ1) is 18.6. The molecular formula is C23H22FNO2. The van der Waals surface area contributed by atoms with E-state index in [1.807, 2.05) is 18.2 Å². The molecule has 3 aromatic carbocycles. The number of unbranched alkanes of at least 4 members (excludes halogenated alkanes) is 1. The van der Waals surface area contributed by atoms with E-state index in [9.17, 15) is 9.18 Å². The molecule has 0 heterocycles. The molecule has 0 saturated carbocycles. The van der Waals surface area contributed by atoms with Gasteiger partial charge in [0.2, 0.25) is 5.91 Å². The predicted molar refractivity (Wildman–Crippen MR) is 106 cm³/mol. The lowest BCUT2D eigenvalue weighted by atomic mass is 10.1. The van der Waals surface area contributed by atoms with Crippen LogP contribution in [0.2, 0.25) is 0 Å². The van der Waals surface area contributed by atoms with E-state index in [1.54, 1.807) is 36.4 Å². The SMILES string of the molecule is O=C(CCCCc1ccccc1)Nc1ccc(Oc2ccc(F)cc2)cc1. The van der Waals surface area contributed by atoms with Gasteiger partial charge in [-0.15, -0.1) is 0 Å². The number of rotatable bonds is 8. The molecule has 0 spiro atoms. The highest BCUT2D eigenvalue weighted by molar-refractivity contribution is 5.90. The van der Waals surface area contributed by atoms with Crippen LogP contribution < -0.4 is 10.1 Å². The predicted octanol–water partition coefficient (Wildman–Crippen LogP) is 5.97. The third-order valence-corrected chi connectivity index (χ3v) is 4.15. The summed E-state index contributed by atoms with van der Waals surface area (Å²) in [4.78, 5) is 12.1. The quantitative estimate of drug-likeness (QED) is 0.501. The maximum absolute atomic E-state index is 12.9. The zero-order valence-electron chi connectivity index (χ0n) is 15.0. The standard InChI is InChI=1S/C23H22FNO2/c24-19-10-14-21(15-11-19)27-22-16-12-20(13-17-22)25-23(26)9-5-4-8-18-6-2-1-3-7-18/h1-3,6-7,10-17H,4-5,8-9H2,(H,25,26). The van der Waals surface area contributed by atoms with Crippen molar-refractivity contribution in [1.29, 1.82) is 0 Å². The Morgan fingerprint density at radius 1 is 0.815 bits per heavy atom. The van der Waals surface area contributed by atoms with Crippen molar-refractivity contribution in [3.05, 3.63) is 90.2 Å². The summed E-state index contributed by atoms with van der Waals surface area (Å²) in [7, 11) is 0. The summed E-state index contributed by atoms with van der Waals surface area (Å²) in [5.41, 5.74) is 2.03. The highest BCUT2D eigenvalue weighted by Gasteiger charge is 2.04. The summed E-state index contributed by atoms with van der Waals surface area (Å²) in [6, 6.07) is 23.3. The zero-order chi connectivity index (χ0) is 18.9. The van der Waals surface area contributed by atoms with Crippen LogP contribution in [0.3, 0.4) is 0 Å². The van der Waals surface area contributed by atoms with Crippen LogP contribution in [0, 0.1) is 5.82 Å². The van der Waals surface area contributed by atoms with Crippen LogP contribution in [-0.2, 0) is 11.2 Å². The van der Waals surface area contributed by atoms with Gasteiger partial charge in [-0.3, -0.25) is 4.79 Å². The van der Waals surface area contributed by atoms with Crippen molar-refractivity contribution in [1.82, 2.24) is 0 Å². The Kier molecular flexibility index (Phi) is 6.58. The van der Waals surface area contributed by atoms with Gasteiger partial charge in [-0.25, -0.2) is 4.39 Å². The lowest BCUT2D eigenvalue weighted by Gasteiger charge is -2.08. The van der Waals surface area contributed by atoms with Crippen molar-refractivity contribution in [3.63, 3.8) is 0 Å². The van der Waals surface area contributed by atoms with E-state index < -0.39 is 0 Å². The molecule has 4 heteroatoms. The van der Waals surface area contributed by atoms with Gasteiger partial charge < -0.3 is 10.1 Å². The first-order valence-corrected chi connectivity index (χ1v) is 9.06. The van der Waals surface area contributed by atoms with E-state index in [-0.39, 0.29) is 11.7 Å². The minimum absolute atomic E-state index is 0.00950. The van der Waals surface area contributed by atoms with Gasteiger partial charge in [-0.1, -0.05) is 30.3 Å². The number of benzene rings is 3. The van der Waals surface area contributed by atoms with E-state index >= 15 is 0 Å². The van der Waals surface area contributed by atoms with Crippen molar-refractivity contribution < 1.29 is 13.9 Å². The molecule has 0 radical (unpaired) electrons. The fourth-order valence-electron chi connectivity index (χ4n) is 2.73. The van der Waals surface area contributed by atoms with E-state index in [0.29, 0.717) is 17.9 Å². The largest absolute Gasteiger partial charge is 0.457 e. The maximum Gasteiger partial charge on any atom is 0.224 e. The molecule has 3 nitrogen and oxygen atoms in total. The molecule has 3 rings (SSSR count). The second-order valence-corrected chi connectivity index (χ2v) is 6.32. The average Bonchev–Trinajstić information content (AvgIpc) is 2.69. The molecular weight excluding hydrogens is 341 g/mol. The monoisotopic (exact) mass is 363 g/mol. The van der Waals surface area contributed by atoms with Crippen LogP contribution in [0.1, 0.15) is 24.8 Å². The lowest BCUT2D eigenvalue weighted by molar-refractivity contribution is -0.116. The van der Waals surface area contributed by atoms with Gasteiger partial charge in [-0.05, 0) is 73.4 Å². The third-order valence-electron chi connectivity index (χ3n) is 4.15. The molecule has 0 atom stereocenters. The van der Waals surface area contributed by atoms with Gasteiger partial charge in [0.15, 0.2) is 0 Å². The van der Waals surface area contributed by atoms with Crippen molar-refractivity contribution in [3.8, 4) is 11.5 Å². The second-order valence-electron chi connectivity index (χ2n) is 6.32. The Balaban J connectivity index is 1.41. The molecule has 0 unspecified atom stereocenters. The molecule has 0 bridgehead atoms. The Hall–Kier alpha value is -3.14. The average molecular weight is 363 g/mol. The fourth-order valence-corrected chi connectivity index (χ4v) is 2.73. The zero-order valence-corrected chi connectivity index (χ0v) is 15.0.